The first-order valence-electron chi connectivity index (χ1n) is 21.4. The molecule has 0 bridgehead atoms. The number of benzene rings is 7. The van der Waals surface area contributed by atoms with E-state index in [2.05, 4.69) is 182 Å². The lowest BCUT2D eigenvalue weighted by atomic mass is 9.91. The lowest BCUT2D eigenvalue weighted by Gasteiger charge is -2.18. The van der Waals surface area contributed by atoms with Crippen molar-refractivity contribution in [2.24, 2.45) is 0 Å². The Kier molecular flexibility index (Phi) is 10.3. The lowest BCUT2D eigenvalue weighted by Crippen LogP contribution is -2.03. The minimum atomic E-state index is 1.03. The molecule has 9 aromatic rings. The van der Waals surface area contributed by atoms with Crippen LogP contribution >= 0.6 is 0 Å². The van der Waals surface area contributed by atoms with Gasteiger partial charge in [0, 0.05) is 32.9 Å². The van der Waals surface area contributed by atoms with Gasteiger partial charge in [0.05, 0.1) is 22.1 Å². The first kappa shape index (κ1) is 36.8. The van der Waals surface area contributed by atoms with Crippen molar-refractivity contribution >= 4 is 43.6 Å². The van der Waals surface area contributed by atoms with Crippen LogP contribution in [-0.2, 0) is 25.7 Å². The topological polar surface area (TPSA) is 9.86 Å². The van der Waals surface area contributed by atoms with Crippen LogP contribution in [0.2, 0.25) is 0 Å². The fourth-order valence-electron chi connectivity index (χ4n) is 9.34. The van der Waals surface area contributed by atoms with Gasteiger partial charge < -0.3 is 9.13 Å². The number of fused-ring (bicyclic) bond motifs is 6. The predicted molar refractivity (Wildman–Crippen MR) is 246 cm³/mol. The molecule has 0 fully saturated rings. The molecule has 0 spiro atoms. The van der Waals surface area contributed by atoms with Crippen molar-refractivity contribution in [3.63, 3.8) is 0 Å². The zero-order chi connectivity index (χ0) is 38.9. The maximum absolute atomic E-state index is 2.62. The lowest BCUT2D eigenvalue weighted by molar-refractivity contribution is 0.795. The molecule has 0 aliphatic rings. The molecule has 284 valence electrons. The van der Waals surface area contributed by atoms with Gasteiger partial charge in [-0.3, -0.25) is 0 Å². The maximum Gasteiger partial charge on any atom is 0.0583 e. The summed E-state index contributed by atoms with van der Waals surface area (Å²) in [5, 5.41) is 5.55. The van der Waals surface area contributed by atoms with Crippen molar-refractivity contribution in [1.29, 1.82) is 0 Å². The monoisotopic (exact) mass is 742 g/mol. The van der Waals surface area contributed by atoms with Gasteiger partial charge in [-0.25, -0.2) is 0 Å². The molecule has 9 rings (SSSR count). The predicted octanol–water partition coefficient (Wildman–Crippen LogP) is 15.0. The van der Waals surface area contributed by atoms with Crippen LogP contribution in [0.15, 0.2) is 146 Å². The summed E-state index contributed by atoms with van der Waals surface area (Å²) < 4.78 is 5.21. The molecule has 0 saturated heterocycles. The van der Waals surface area contributed by atoms with Crippen molar-refractivity contribution < 1.29 is 0 Å². The van der Waals surface area contributed by atoms with Crippen molar-refractivity contribution in [1.82, 2.24) is 9.13 Å². The second-order valence-corrected chi connectivity index (χ2v) is 16.2. The molecule has 2 heterocycles. The minimum Gasteiger partial charge on any atom is -0.309 e. The first-order chi connectivity index (χ1) is 28.0. The second kappa shape index (κ2) is 15.9. The van der Waals surface area contributed by atoms with E-state index < -0.39 is 0 Å². The molecule has 0 unspecified atom stereocenters. The number of rotatable bonds is 13. The van der Waals surface area contributed by atoms with Crippen LogP contribution in [0.1, 0.15) is 79.3 Å². The summed E-state index contributed by atoms with van der Waals surface area (Å²) >= 11 is 0. The van der Waals surface area contributed by atoms with Gasteiger partial charge in [-0.15, -0.1) is 0 Å². The number of aryl methyl sites for hydroxylation is 6. The van der Waals surface area contributed by atoms with E-state index in [0.717, 1.165) is 57.8 Å². The Morgan fingerprint density at radius 2 is 0.912 bits per heavy atom. The molecule has 57 heavy (non-hydrogen) atoms. The quantitative estimate of drug-likeness (QED) is 0.111. The van der Waals surface area contributed by atoms with E-state index in [1.54, 1.807) is 0 Å². The van der Waals surface area contributed by atoms with Crippen LogP contribution in [0.5, 0.6) is 0 Å². The Bertz CT molecular complexity index is 2850. The van der Waals surface area contributed by atoms with Crippen LogP contribution in [0.3, 0.4) is 0 Å². The average Bonchev–Trinajstić information content (AvgIpc) is 3.77. The van der Waals surface area contributed by atoms with Gasteiger partial charge in [-0.1, -0.05) is 141 Å². The number of hydrogen-bond donors (Lipinski definition) is 0. The molecule has 0 aliphatic heterocycles. The number of hydrogen-bond acceptors (Lipinski definition) is 0. The Hall–Kier alpha value is -5.86. The van der Waals surface area contributed by atoms with Crippen molar-refractivity contribution in [3.8, 4) is 22.5 Å². The van der Waals surface area contributed by atoms with E-state index >= 15 is 0 Å². The van der Waals surface area contributed by atoms with E-state index in [-0.39, 0.29) is 0 Å². The van der Waals surface area contributed by atoms with Gasteiger partial charge in [0.2, 0.25) is 0 Å². The number of unbranched alkanes of at least 4 members (excludes halogenated alkanes) is 2. The zero-order valence-corrected chi connectivity index (χ0v) is 34.1. The van der Waals surface area contributed by atoms with Crippen molar-refractivity contribution in [3.05, 3.63) is 179 Å². The fraction of sp³-hybridized carbons (Fsp3) is 0.236. The average molecular weight is 743 g/mol. The summed E-state index contributed by atoms with van der Waals surface area (Å²) in [5.74, 6) is 0. The summed E-state index contributed by atoms with van der Waals surface area (Å²) in [6, 6.07) is 55.0. The van der Waals surface area contributed by atoms with Crippen LogP contribution in [-0.4, -0.2) is 9.13 Å². The Morgan fingerprint density at radius 1 is 0.404 bits per heavy atom. The number of aromatic nitrogens is 2. The molecule has 2 nitrogen and oxygen atoms in total. The third-order valence-electron chi connectivity index (χ3n) is 12.2. The normalized spacial score (nSPS) is 11.8. The van der Waals surface area contributed by atoms with Gasteiger partial charge in [0.25, 0.3) is 0 Å². The standard InChI is InChI=1S/C55H54N2/c1-5-7-22-48-53-47-25-10-12-27-51(47)57(45-21-15-19-43(37-45)42-34-32-41(33-35-42)18-14-17-40-30-28-38(3)29-31-40)55(53)49(23-8-6-2)52-46-24-9-11-26-50(46)56(54(48)52)44-20-13-16-39(4)36-44/h9-13,15-16,19-21,24-37H,5-8,14,17-18,22-23H2,1-4H3. The van der Waals surface area contributed by atoms with Gasteiger partial charge in [0.1, 0.15) is 0 Å². The molecular weight excluding hydrogens is 689 g/mol. The Balaban J connectivity index is 1.24. The number of para-hydroxylation sites is 2. The Labute approximate surface area is 338 Å². The largest absolute Gasteiger partial charge is 0.309 e. The summed E-state index contributed by atoms with van der Waals surface area (Å²) in [6.07, 6.45) is 10.0. The number of nitrogens with zero attached hydrogens (tertiary/aromatic N) is 2. The summed E-state index contributed by atoms with van der Waals surface area (Å²) in [7, 11) is 0. The second-order valence-electron chi connectivity index (χ2n) is 16.2. The van der Waals surface area contributed by atoms with Crippen molar-refractivity contribution in [2.45, 2.75) is 85.5 Å². The SMILES string of the molecule is CCCCc1c2c3ccccc3n(-c3cccc(-c4ccc(CCCc5ccc(C)cc5)cc4)c3)c2c(CCCC)c2c3ccccc3n(-c3cccc(C)c3)c12. The molecule has 0 amide bonds. The molecule has 0 atom stereocenters. The summed E-state index contributed by atoms with van der Waals surface area (Å²) in [5.41, 5.74) is 18.7. The fourth-order valence-corrected chi connectivity index (χ4v) is 9.34. The highest BCUT2D eigenvalue weighted by atomic mass is 15.0. The third-order valence-corrected chi connectivity index (χ3v) is 12.2. The highest BCUT2D eigenvalue weighted by Crippen LogP contribution is 2.46. The molecular formula is C55H54N2. The van der Waals surface area contributed by atoms with E-state index in [1.165, 1.54) is 99.5 Å². The molecule has 0 saturated carbocycles. The minimum absolute atomic E-state index is 1.03. The van der Waals surface area contributed by atoms with E-state index in [1.807, 2.05) is 0 Å². The van der Waals surface area contributed by atoms with Crippen LogP contribution < -0.4 is 0 Å². The highest BCUT2D eigenvalue weighted by molar-refractivity contribution is 6.23. The van der Waals surface area contributed by atoms with Gasteiger partial charge in [-0.2, -0.15) is 0 Å². The summed E-state index contributed by atoms with van der Waals surface area (Å²) in [6.45, 7) is 9.02. The van der Waals surface area contributed by atoms with Crippen LogP contribution in [0.25, 0.3) is 66.1 Å². The van der Waals surface area contributed by atoms with Crippen molar-refractivity contribution in [2.75, 3.05) is 0 Å². The molecule has 2 aromatic heterocycles. The van der Waals surface area contributed by atoms with Gasteiger partial charge in [0.15, 0.2) is 0 Å². The first-order valence-corrected chi connectivity index (χ1v) is 21.4. The molecule has 0 N–H and O–H groups in total. The molecule has 0 aliphatic carbocycles. The molecule has 7 aromatic carbocycles. The van der Waals surface area contributed by atoms with Gasteiger partial charge in [-0.05, 0) is 134 Å². The van der Waals surface area contributed by atoms with Crippen LogP contribution in [0, 0.1) is 13.8 Å². The highest BCUT2D eigenvalue weighted by Gasteiger charge is 2.27. The molecule has 2 heteroatoms. The van der Waals surface area contributed by atoms with Gasteiger partial charge >= 0.3 is 0 Å². The molecule has 0 radical (unpaired) electrons. The van der Waals surface area contributed by atoms with Crippen LogP contribution in [0.4, 0.5) is 0 Å². The third kappa shape index (κ3) is 6.86. The Morgan fingerprint density at radius 3 is 1.46 bits per heavy atom. The zero-order valence-electron chi connectivity index (χ0n) is 34.1. The smallest absolute Gasteiger partial charge is 0.0583 e. The van der Waals surface area contributed by atoms with E-state index in [4.69, 9.17) is 0 Å². The maximum atomic E-state index is 2.62. The van der Waals surface area contributed by atoms with E-state index in [0.29, 0.717) is 0 Å². The summed E-state index contributed by atoms with van der Waals surface area (Å²) in [4.78, 5) is 0. The van der Waals surface area contributed by atoms with E-state index in [9.17, 15) is 0 Å².